The summed E-state index contributed by atoms with van der Waals surface area (Å²) in [6.07, 6.45) is 2.43. The Hall–Kier alpha value is -0.490. The third-order valence-electron chi connectivity index (χ3n) is 2.55. The third-order valence-corrected chi connectivity index (χ3v) is 3.31. The Kier molecular flexibility index (Phi) is 2.83. The maximum absolute atomic E-state index is 9.79. The number of nitrogens with zero attached hydrogens (tertiary/aromatic N) is 2. The van der Waals surface area contributed by atoms with E-state index in [0.29, 0.717) is 13.0 Å². The highest BCUT2D eigenvalue weighted by molar-refractivity contribution is 7.09. The Morgan fingerprint density at radius 3 is 3.07 bits per heavy atom. The third kappa shape index (κ3) is 2.12. The molecular formula is C9H14N2O2S. The molecule has 2 N–H and O–H groups in total. The van der Waals surface area contributed by atoms with Gasteiger partial charge < -0.3 is 10.2 Å². The zero-order chi connectivity index (χ0) is 10.0. The Morgan fingerprint density at radius 2 is 2.50 bits per heavy atom. The first-order chi connectivity index (χ1) is 6.72. The topological polar surface area (TPSA) is 56.6 Å². The maximum atomic E-state index is 9.79. The monoisotopic (exact) mass is 214 g/mol. The van der Waals surface area contributed by atoms with Gasteiger partial charge in [-0.2, -0.15) is 0 Å². The van der Waals surface area contributed by atoms with Crippen molar-refractivity contribution in [3.8, 4) is 0 Å². The van der Waals surface area contributed by atoms with Crippen LogP contribution in [0, 0.1) is 0 Å². The largest absolute Gasteiger partial charge is 0.393 e. The number of β-amino-alcohol motifs (C(OH)–C–C–N with tert-alkyl or cyclic N) is 1. The SMILES string of the molecule is OCC1(O)CCN(Cc2nccs2)C1. The molecule has 4 nitrogen and oxygen atoms in total. The number of aliphatic hydroxyl groups is 2. The van der Waals surface area contributed by atoms with Crippen molar-refractivity contribution in [3.63, 3.8) is 0 Å². The van der Waals surface area contributed by atoms with Crippen molar-refractivity contribution in [2.45, 2.75) is 18.6 Å². The van der Waals surface area contributed by atoms with E-state index in [-0.39, 0.29) is 6.61 Å². The average molecular weight is 214 g/mol. The second kappa shape index (κ2) is 3.94. The van der Waals surface area contributed by atoms with Crippen molar-refractivity contribution < 1.29 is 10.2 Å². The minimum atomic E-state index is -0.892. The second-order valence-corrected chi connectivity index (χ2v) is 4.75. The van der Waals surface area contributed by atoms with Gasteiger partial charge in [-0.15, -0.1) is 11.3 Å². The van der Waals surface area contributed by atoms with Gasteiger partial charge in [0.2, 0.25) is 0 Å². The van der Waals surface area contributed by atoms with Gasteiger partial charge in [0.25, 0.3) is 0 Å². The molecule has 0 bridgehead atoms. The van der Waals surface area contributed by atoms with Crippen LogP contribution >= 0.6 is 11.3 Å². The van der Waals surface area contributed by atoms with Gasteiger partial charge in [0, 0.05) is 24.7 Å². The number of rotatable bonds is 3. The van der Waals surface area contributed by atoms with E-state index in [9.17, 15) is 5.11 Å². The molecule has 1 aromatic heterocycles. The summed E-state index contributed by atoms with van der Waals surface area (Å²) in [4.78, 5) is 6.31. The molecule has 0 aliphatic carbocycles. The van der Waals surface area contributed by atoms with Crippen molar-refractivity contribution in [1.29, 1.82) is 0 Å². The normalized spacial score (nSPS) is 28.4. The van der Waals surface area contributed by atoms with Crippen LogP contribution in [-0.4, -0.2) is 45.4 Å². The number of hydrogen-bond donors (Lipinski definition) is 2. The molecule has 0 saturated carbocycles. The van der Waals surface area contributed by atoms with Crippen molar-refractivity contribution in [2.24, 2.45) is 0 Å². The Balaban J connectivity index is 1.90. The van der Waals surface area contributed by atoms with Gasteiger partial charge in [-0.25, -0.2) is 4.98 Å². The van der Waals surface area contributed by atoms with Crippen LogP contribution in [-0.2, 0) is 6.54 Å². The first kappa shape index (κ1) is 10.0. The van der Waals surface area contributed by atoms with Crippen molar-refractivity contribution in [2.75, 3.05) is 19.7 Å². The predicted molar refractivity (Wildman–Crippen MR) is 54.0 cm³/mol. The summed E-state index contributed by atoms with van der Waals surface area (Å²) >= 11 is 1.62. The van der Waals surface area contributed by atoms with E-state index < -0.39 is 5.60 Å². The Morgan fingerprint density at radius 1 is 1.64 bits per heavy atom. The minimum Gasteiger partial charge on any atom is -0.393 e. The Bertz CT molecular complexity index is 291. The molecular weight excluding hydrogens is 200 g/mol. The van der Waals surface area contributed by atoms with Crippen molar-refractivity contribution in [1.82, 2.24) is 9.88 Å². The molecule has 2 rings (SSSR count). The minimum absolute atomic E-state index is 0.151. The number of hydrogen-bond acceptors (Lipinski definition) is 5. The highest BCUT2D eigenvalue weighted by atomic mass is 32.1. The van der Waals surface area contributed by atoms with Gasteiger partial charge >= 0.3 is 0 Å². The molecule has 0 amide bonds. The summed E-state index contributed by atoms with van der Waals surface area (Å²) in [6, 6.07) is 0. The van der Waals surface area contributed by atoms with Gasteiger partial charge in [0.05, 0.1) is 13.2 Å². The number of thiazole rings is 1. The smallest absolute Gasteiger partial charge is 0.107 e. The average Bonchev–Trinajstić information content (AvgIpc) is 2.78. The van der Waals surface area contributed by atoms with Crippen LogP contribution in [0.4, 0.5) is 0 Å². The summed E-state index contributed by atoms with van der Waals surface area (Å²) < 4.78 is 0. The van der Waals surface area contributed by atoms with Crippen molar-refractivity contribution >= 4 is 11.3 Å². The fourth-order valence-corrected chi connectivity index (χ4v) is 2.38. The predicted octanol–water partition coefficient (Wildman–Crippen LogP) is 0.0722. The van der Waals surface area contributed by atoms with E-state index in [1.165, 1.54) is 0 Å². The van der Waals surface area contributed by atoms with Crippen molar-refractivity contribution in [3.05, 3.63) is 16.6 Å². The lowest BCUT2D eigenvalue weighted by molar-refractivity contribution is -0.00580. The number of aromatic nitrogens is 1. The quantitative estimate of drug-likeness (QED) is 0.748. The molecule has 1 aromatic rings. The van der Waals surface area contributed by atoms with Crippen LogP contribution in [0.15, 0.2) is 11.6 Å². The molecule has 2 heterocycles. The van der Waals surface area contributed by atoms with Crippen LogP contribution in [0.25, 0.3) is 0 Å². The first-order valence-electron chi connectivity index (χ1n) is 4.66. The van der Waals surface area contributed by atoms with Gasteiger partial charge in [-0.05, 0) is 6.42 Å². The molecule has 1 aliphatic rings. The molecule has 1 aliphatic heterocycles. The summed E-state index contributed by atoms with van der Waals surface area (Å²) in [5.41, 5.74) is -0.892. The van der Waals surface area contributed by atoms with E-state index in [2.05, 4.69) is 9.88 Å². The number of likely N-dealkylation sites (tertiary alicyclic amines) is 1. The van der Waals surface area contributed by atoms with Gasteiger partial charge in [0.15, 0.2) is 0 Å². The molecule has 0 aromatic carbocycles. The van der Waals surface area contributed by atoms with Crippen LogP contribution in [0.3, 0.4) is 0 Å². The second-order valence-electron chi connectivity index (χ2n) is 3.77. The van der Waals surface area contributed by atoms with Gasteiger partial charge in [0.1, 0.15) is 10.6 Å². The molecule has 1 unspecified atom stereocenters. The molecule has 1 fully saturated rings. The van der Waals surface area contributed by atoms with Crippen LogP contribution < -0.4 is 0 Å². The van der Waals surface area contributed by atoms with Crippen LogP contribution in [0.5, 0.6) is 0 Å². The van der Waals surface area contributed by atoms with Crippen LogP contribution in [0.2, 0.25) is 0 Å². The lowest BCUT2D eigenvalue weighted by atomic mass is 10.1. The zero-order valence-corrected chi connectivity index (χ0v) is 8.70. The van der Waals surface area contributed by atoms with Gasteiger partial charge in [-0.1, -0.05) is 0 Å². The molecule has 78 valence electrons. The molecule has 1 atom stereocenters. The summed E-state index contributed by atoms with van der Waals surface area (Å²) in [6.45, 7) is 2.00. The highest BCUT2D eigenvalue weighted by Gasteiger charge is 2.35. The molecule has 1 saturated heterocycles. The van der Waals surface area contributed by atoms with E-state index in [1.54, 1.807) is 17.5 Å². The Labute approximate surface area is 86.8 Å². The lowest BCUT2D eigenvalue weighted by Crippen LogP contribution is -2.36. The van der Waals surface area contributed by atoms with Crippen LogP contribution in [0.1, 0.15) is 11.4 Å². The molecule has 14 heavy (non-hydrogen) atoms. The fraction of sp³-hybridized carbons (Fsp3) is 0.667. The lowest BCUT2D eigenvalue weighted by Gasteiger charge is -2.20. The summed E-state index contributed by atoms with van der Waals surface area (Å²) in [5, 5.41) is 21.8. The standard InChI is InChI=1S/C9H14N2O2S/c12-7-9(13)1-3-11(6-9)5-8-10-2-4-14-8/h2,4,12-13H,1,3,5-7H2. The zero-order valence-electron chi connectivity index (χ0n) is 7.89. The molecule has 0 radical (unpaired) electrons. The van der Waals surface area contributed by atoms with E-state index in [1.807, 2.05) is 5.38 Å². The summed E-state index contributed by atoms with van der Waals surface area (Å²) in [5.74, 6) is 0. The first-order valence-corrected chi connectivity index (χ1v) is 5.54. The summed E-state index contributed by atoms with van der Waals surface area (Å²) in [7, 11) is 0. The molecule has 5 heteroatoms. The maximum Gasteiger partial charge on any atom is 0.107 e. The van der Waals surface area contributed by atoms with E-state index in [4.69, 9.17) is 5.11 Å². The van der Waals surface area contributed by atoms with Gasteiger partial charge in [-0.3, -0.25) is 4.90 Å². The highest BCUT2D eigenvalue weighted by Crippen LogP contribution is 2.22. The van der Waals surface area contributed by atoms with E-state index in [0.717, 1.165) is 18.1 Å². The van der Waals surface area contributed by atoms with E-state index >= 15 is 0 Å². The number of aliphatic hydroxyl groups excluding tert-OH is 1. The molecule has 0 spiro atoms. The fourth-order valence-electron chi connectivity index (χ4n) is 1.73.